The maximum absolute atomic E-state index is 12.6. The molecule has 0 saturated heterocycles. The fourth-order valence-electron chi connectivity index (χ4n) is 2.74. The molecule has 1 unspecified atom stereocenters. The van der Waals surface area contributed by atoms with E-state index in [4.69, 9.17) is 4.74 Å². The fraction of sp³-hybridized carbons (Fsp3) is 0.476. The van der Waals surface area contributed by atoms with Gasteiger partial charge in [0.05, 0.1) is 12.7 Å². The number of carbonyl (C=O) groups is 1. The number of benzene rings is 1. The summed E-state index contributed by atoms with van der Waals surface area (Å²) >= 11 is 0. The molecule has 0 amide bonds. The molecule has 0 bridgehead atoms. The van der Waals surface area contributed by atoms with Gasteiger partial charge in [-0.1, -0.05) is 63.1 Å². The van der Waals surface area contributed by atoms with Gasteiger partial charge < -0.3 is 4.74 Å². The SMILES string of the molecule is C=C=C(CCCCCC)CC(C#N)(C(=O)OCC)c1ccccc1. The molecule has 128 valence electrons. The molecule has 0 saturated carbocycles. The lowest BCUT2D eigenvalue weighted by Gasteiger charge is -2.25. The van der Waals surface area contributed by atoms with E-state index in [1.165, 1.54) is 12.8 Å². The van der Waals surface area contributed by atoms with Gasteiger partial charge in [-0.05, 0) is 30.9 Å². The molecular formula is C21H27NO2. The van der Waals surface area contributed by atoms with E-state index in [0.29, 0.717) is 5.56 Å². The molecule has 0 spiro atoms. The quantitative estimate of drug-likeness (QED) is 0.342. The Morgan fingerprint density at radius 3 is 2.46 bits per heavy atom. The molecule has 0 aromatic heterocycles. The molecule has 1 aromatic rings. The topological polar surface area (TPSA) is 50.1 Å². The Morgan fingerprint density at radius 1 is 1.21 bits per heavy atom. The zero-order valence-electron chi connectivity index (χ0n) is 14.8. The van der Waals surface area contributed by atoms with E-state index in [2.05, 4.69) is 25.3 Å². The molecule has 1 atom stereocenters. The third-order valence-corrected chi connectivity index (χ3v) is 4.14. The van der Waals surface area contributed by atoms with Crippen molar-refractivity contribution in [2.45, 2.75) is 57.8 Å². The molecule has 3 heteroatoms. The highest BCUT2D eigenvalue weighted by Crippen LogP contribution is 2.33. The van der Waals surface area contributed by atoms with Gasteiger partial charge in [0.15, 0.2) is 5.41 Å². The summed E-state index contributed by atoms with van der Waals surface area (Å²) in [5.41, 5.74) is 3.18. The normalized spacial score (nSPS) is 12.5. The molecule has 0 aliphatic rings. The highest BCUT2D eigenvalue weighted by atomic mass is 16.5. The average Bonchev–Trinajstić information content (AvgIpc) is 2.62. The lowest BCUT2D eigenvalue weighted by molar-refractivity contribution is -0.147. The number of hydrogen-bond acceptors (Lipinski definition) is 3. The van der Waals surface area contributed by atoms with Crippen LogP contribution in [0.3, 0.4) is 0 Å². The third-order valence-electron chi connectivity index (χ3n) is 4.14. The average molecular weight is 325 g/mol. The van der Waals surface area contributed by atoms with Gasteiger partial charge in [0.25, 0.3) is 0 Å². The first-order chi connectivity index (χ1) is 11.6. The van der Waals surface area contributed by atoms with Gasteiger partial charge in [-0.3, -0.25) is 0 Å². The molecule has 0 aliphatic heterocycles. The predicted octanol–water partition coefficient (Wildman–Crippen LogP) is 5.08. The first-order valence-corrected chi connectivity index (χ1v) is 8.66. The van der Waals surface area contributed by atoms with E-state index in [9.17, 15) is 10.1 Å². The van der Waals surface area contributed by atoms with Crippen LogP contribution in [0.1, 0.15) is 57.9 Å². The monoisotopic (exact) mass is 325 g/mol. The summed E-state index contributed by atoms with van der Waals surface area (Å²) in [5.74, 6) is -0.500. The number of esters is 1. The minimum atomic E-state index is -1.33. The lowest BCUT2D eigenvalue weighted by Crippen LogP contribution is -2.36. The van der Waals surface area contributed by atoms with Crippen LogP contribution in [-0.2, 0) is 14.9 Å². The number of unbranched alkanes of at least 4 members (excludes halogenated alkanes) is 3. The van der Waals surface area contributed by atoms with Gasteiger partial charge >= 0.3 is 5.97 Å². The second kappa shape index (κ2) is 10.5. The van der Waals surface area contributed by atoms with E-state index in [1.54, 1.807) is 19.1 Å². The third kappa shape index (κ3) is 5.11. The van der Waals surface area contributed by atoms with Crippen LogP contribution in [0.25, 0.3) is 0 Å². The smallest absolute Gasteiger partial charge is 0.331 e. The van der Waals surface area contributed by atoms with Gasteiger partial charge in [-0.2, -0.15) is 5.26 Å². The highest BCUT2D eigenvalue weighted by molar-refractivity contribution is 5.87. The van der Waals surface area contributed by atoms with Crippen molar-refractivity contribution >= 4 is 5.97 Å². The molecule has 0 N–H and O–H groups in total. The fourth-order valence-corrected chi connectivity index (χ4v) is 2.74. The lowest BCUT2D eigenvalue weighted by atomic mass is 9.76. The Balaban J connectivity index is 3.07. The Bertz CT molecular complexity index is 608. The van der Waals surface area contributed by atoms with Gasteiger partial charge in [-0.15, -0.1) is 5.73 Å². The van der Waals surface area contributed by atoms with Crippen molar-refractivity contribution in [3.8, 4) is 6.07 Å². The van der Waals surface area contributed by atoms with E-state index < -0.39 is 11.4 Å². The number of rotatable bonds is 10. The number of nitriles is 1. The molecule has 1 aromatic carbocycles. The molecule has 1 rings (SSSR count). The van der Waals surface area contributed by atoms with Crippen molar-refractivity contribution < 1.29 is 9.53 Å². The number of nitrogens with zero attached hydrogens (tertiary/aromatic N) is 1. The van der Waals surface area contributed by atoms with E-state index >= 15 is 0 Å². The number of ether oxygens (including phenoxy) is 1. The van der Waals surface area contributed by atoms with Crippen LogP contribution < -0.4 is 0 Å². The maximum atomic E-state index is 12.6. The molecule has 0 fully saturated rings. The Kier molecular flexibility index (Phi) is 8.61. The van der Waals surface area contributed by atoms with Crippen LogP contribution in [0, 0.1) is 11.3 Å². The first kappa shape index (κ1) is 19.7. The zero-order chi connectivity index (χ0) is 17.8. The number of hydrogen-bond donors (Lipinski definition) is 0. The summed E-state index contributed by atoms with van der Waals surface area (Å²) in [6.07, 6.45) is 5.59. The largest absolute Gasteiger partial charge is 0.465 e. The second-order valence-electron chi connectivity index (χ2n) is 5.87. The van der Waals surface area contributed by atoms with E-state index in [-0.39, 0.29) is 13.0 Å². The number of carbonyl (C=O) groups excluding carboxylic acids is 1. The first-order valence-electron chi connectivity index (χ1n) is 8.66. The number of allylic oxidation sites excluding steroid dienone is 1. The Hall–Kier alpha value is -2.30. The van der Waals surface area contributed by atoms with Crippen molar-refractivity contribution in [3.63, 3.8) is 0 Å². The van der Waals surface area contributed by atoms with Crippen molar-refractivity contribution in [1.82, 2.24) is 0 Å². The summed E-state index contributed by atoms with van der Waals surface area (Å²) < 4.78 is 5.22. The summed E-state index contributed by atoms with van der Waals surface area (Å²) in [6, 6.07) is 11.4. The molecular weight excluding hydrogens is 298 g/mol. The molecule has 24 heavy (non-hydrogen) atoms. The minimum absolute atomic E-state index is 0.249. The maximum Gasteiger partial charge on any atom is 0.331 e. The van der Waals surface area contributed by atoms with Crippen LogP contribution in [0.5, 0.6) is 0 Å². The molecule has 0 heterocycles. The summed E-state index contributed by atoms with van der Waals surface area (Å²) in [6.45, 7) is 7.92. The Labute approximate surface area is 145 Å². The van der Waals surface area contributed by atoms with E-state index in [1.807, 2.05) is 18.2 Å². The van der Waals surface area contributed by atoms with Crippen LogP contribution in [-0.4, -0.2) is 12.6 Å². The van der Waals surface area contributed by atoms with Crippen molar-refractivity contribution in [2.75, 3.05) is 6.61 Å². The zero-order valence-corrected chi connectivity index (χ0v) is 14.8. The van der Waals surface area contributed by atoms with Gasteiger partial charge in [0.1, 0.15) is 0 Å². The van der Waals surface area contributed by atoms with Gasteiger partial charge in [0.2, 0.25) is 0 Å². The summed E-state index contributed by atoms with van der Waals surface area (Å²) in [4.78, 5) is 12.6. The van der Waals surface area contributed by atoms with Crippen molar-refractivity contribution in [3.05, 3.63) is 53.8 Å². The second-order valence-corrected chi connectivity index (χ2v) is 5.87. The van der Waals surface area contributed by atoms with Crippen molar-refractivity contribution in [1.29, 1.82) is 5.26 Å². The standard InChI is InChI=1S/C21H27NO2/c1-4-7-8-10-13-18(5-2)16-21(17-22,20(23)24-6-3)19-14-11-9-12-15-19/h9,11-12,14-15H,2,4,6-8,10,13,16H2,1,3H3. The van der Waals surface area contributed by atoms with Gasteiger partial charge in [-0.25, -0.2) is 4.79 Å². The van der Waals surface area contributed by atoms with Crippen molar-refractivity contribution in [2.24, 2.45) is 0 Å². The van der Waals surface area contributed by atoms with Crippen LogP contribution in [0.2, 0.25) is 0 Å². The highest BCUT2D eigenvalue weighted by Gasteiger charge is 2.42. The summed E-state index contributed by atoms with van der Waals surface area (Å²) in [7, 11) is 0. The Morgan fingerprint density at radius 2 is 1.92 bits per heavy atom. The van der Waals surface area contributed by atoms with Crippen LogP contribution >= 0.6 is 0 Å². The predicted molar refractivity (Wildman–Crippen MR) is 96.4 cm³/mol. The van der Waals surface area contributed by atoms with Crippen LogP contribution in [0.15, 0.2) is 48.2 Å². The summed E-state index contributed by atoms with van der Waals surface area (Å²) in [5, 5.41) is 9.87. The van der Waals surface area contributed by atoms with Gasteiger partial charge in [0, 0.05) is 6.42 Å². The molecule has 0 aliphatic carbocycles. The minimum Gasteiger partial charge on any atom is -0.465 e. The molecule has 3 nitrogen and oxygen atoms in total. The van der Waals surface area contributed by atoms with Crippen LogP contribution in [0.4, 0.5) is 0 Å². The van der Waals surface area contributed by atoms with E-state index in [0.717, 1.165) is 24.8 Å². The molecule has 0 radical (unpaired) electrons.